The zero-order chi connectivity index (χ0) is 52.4. The van der Waals surface area contributed by atoms with Crippen molar-refractivity contribution >= 4 is 11.9 Å². The van der Waals surface area contributed by atoms with Gasteiger partial charge in [-0.25, -0.2) is 0 Å². The first-order valence-electron chi connectivity index (χ1n) is 30.3. The van der Waals surface area contributed by atoms with Crippen LogP contribution in [0.1, 0.15) is 277 Å². The van der Waals surface area contributed by atoms with Crippen molar-refractivity contribution in [2.75, 3.05) is 19.8 Å². The van der Waals surface area contributed by atoms with E-state index in [1.54, 1.807) is 6.08 Å². The Kier molecular flexibility index (Phi) is 48.1. The van der Waals surface area contributed by atoms with Crippen molar-refractivity contribution < 1.29 is 49.3 Å². The number of unbranched alkanes of at least 4 members (excludes halogenated alkanes) is 34. The summed E-state index contributed by atoms with van der Waals surface area (Å²) in [5.74, 6) is -0.223. The van der Waals surface area contributed by atoms with E-state index >= 15 is 0 Å². The van der Waals surface area contributed by atoms with Gasteiger partial charge in [-0.3, -0.25) is 9.59 Å². The van der Waals surface area contributed by atoms with Crippen LogP contribution in [0.4, 0.5) is 0 Å². The highest BCUT2D eigenvalue weighted by molar-refractivity contribution is 5.76. The van der Waals surface area contributed by atoms with Crippen molar-refractivity contribution in [3.8, 4) is 0 Å². The van der Waals surface area contributed by atoms with Crippen molar-refractivity contribution in [2.24, 2.45) is 0 Å². The van der Waals surface area contributed by atoms with E-state index in [2.05, 4.69) is 43.5 Å². The standard InChI is InChI=1S/C61H113NO10/c1-3-5-7-9-11-13-14-15-16-17-18-19-23-26-29-33-37-41-45-49-57(66)70-50-46-42-38-34-30-27-24-21-20-22-25-28-32-36-40-44-48-56(65)62-53(54(64)47-43-39-35-31-12-10-8-6-4-2)52-71-61-60(69)59(68)58(67)55(51-63)72-61/h15-16,20,22,43,47,53-55,58-61,63-64,67-69H,3-14,17-19,21,23-42,44-46,48-52H2,1-2H3,(H,62,65)/b16-15-,22-20-,47-43+. The molecule has 0 aromatic rings. The van der Waals surface area contributed by atoms with Gasteiger partial charge in [0, 0.05) is 12.8 Å². The van der Waals surface area contributed by atoms with Crippen molar-refractivity contribution in [1.82, 2.24) is 5.32 Å². The summed E-state index contributed by atoms with van der Waals surface area (Å²) in [7, 11) is 0. The van der Waals surface area contributed by atoms with Crippen LogP contribution in [0.2, 0.25) is 0 Å². The molecule has 11 heteroatoms. The van der Waals surface area contributed by atoms with E-state index in [1.807, 2.05) is 6.08 Å². The number of aliphatic hydroxyl groups is 5. The van der Waals surface area contributed by atoms with Gasteiger partial charge >= 0.3 is 5.97 Å². The maximum atomic E-state index is 13.0. The molecule has 1 aliphatic heterocycles. The molecule has 0 spiro atoms. The van der Waals surface area contributed by atoms with Crippen molar-refractivity contribution in [3.05, 3.63) is 36.5 Å². The third-order valence-corrected chi connectivity index (χ3v) is 14.2. The molecule has 1 fully saturated rings. The Morgan fingerprint density at radius 1 is 0.500 bits per heavy atom. The van der Waals surface area contributed by atoms with E-state index in [0.29, 0.717) is 19.4 Å². The van der Waals surface area contributed by atoms with Gasteiger partial charge in [0.05, 0.1) is 32.0 Å². The predicted octanol–water partition coefficient (Wildman–Crippen LogP) is 13.9. The number of ether oxygens (including phenoxy) is 3. The monoisotopic (exact) mass is 1020 g/mol. The van der Waals surface area contributed by atoms with Crippen LogP contribution in [0.25, 0.3) is 0 Å². The van der Waals surface area contributed by atoms with E-state index in [0.717, 1.165) is 89.9 Å². The van der Waals surface area contributed by atoms with Gasteiger partial charge in [0.2, 0.25) is 5.91 Å². The number of esters is 1. The van der Waals surface area contributed by atoms with Crippen LogP contribution in [0.15, 0.2) is 36.5 Å². The highest BCUT2D eigenvalue weighted by atomic mass is 16.7. The van der Waals surface area contributed by atoms with Crippen LogP contribution < -0.4 is 5.32 Å². The summed E-state index contributed by atoms with van der Waals surface area (Å²) >= 11 is 0. The maximum absolute atomic E-state index is 13.0. The number of hydrogen-bond acceptors (Lipinski definition) is 10. The molecule has 0 radical (unpaired) electrons. The topological polar surface area (TPSA) is 175 Å². The Bertz CT molecular complexity index is 1290. The Labute approximate surface area is 441 Å². The van der Waals surface area contributed by atoms with Crippen molar-refractivity contribution in [3.63, 3.8) is 0 Å². The molecule has 11 nitrogen and oxygen atoms in total. The molecule has 1 amide bonds. The number of carbonyl (C=O) groups is 2. The molecule has 7 atom stereocenters. The number of nitrogens with one attached hydrogen (secondary N) is 1. The van der Waals surface area contributed by atoms with Gasteiger partial charge in [-0.1, -0.05) is 217 Å². The molecule has 72 heavy (non-hydrogen) atoms. The molecule has 1 rings (SSSR count). The van der Waals surface area contributed by atoms with Gasteiger partial charge in [0.15, 0.2) is 6.29 Å². The largest absolute Gasteiger partial charge is 0.466 e. The summed E-state index contributed by atoms with van der Waals surface area (Å²) in [6.45, 7) is 4.28. The van der Waals surface area contributed by atoms with Gasteiger partial charge in [-0.15, -0.1) is 0 Å². The highest BCUT2D eigenvalue weighted by Crippen LogP contribution is 2.23. The molecule has 1 saturated heterocycles. The lowest BCUT2D eigenvalue weighted by Crippen LogP contribution is -2.60. The summed E-state index contributed by atoms with van der Waals surface area (Å²) in [6, 6.07) is -0.821. The number of allylic oxidation sites excluding steroid dienone is 5. The minimum Gasteiger partial charge on any atom is -0.466 e. The molecule has 0 bridgehead atoms. The van der Waals surface area contributed by atoms with E-state index in [1.165, 1.54) is 161 Å². The fraction of sp³-hybridized carbons (Fsp3) is 0.869. The fourth-order valence-corrected chi connectivity index (χ4v) is 9.36. The number of amides is 1. The van der Waals surface area contributed by atoms with E-state index in [9.17, 15) is 35.1 Å². The quantitative estimate of drug-likeness (QED) is 0.0195. The predicted molar refractivity (Wildman–Crippen MR) is 297 cm³/mol. The molecule has 0 saturated carbocycles. The second-order valence-corrected chi connectivity index (χ2v) is 21.0. The van der Waals surface area contributed by atoms with Crippen molar-refractivity contribution in [2.45, 2.75) is 320 Å². The zero-order valence-electron chi connectivity index (χ0n) is 46.4. The first-order valence-corrected chi connectivity index (χ1v) is 30.3. The lowest BCUT2D eigenvalue weighted by atomic mass is 9.99. The minimum atomic E-state index is -1.58. The SMILES string of the molecule is CCCCCCCC/C=C\CCCCCCCCCCCC(=O)OCCCCCCCCC/C=C\CCCCCCCC(=O)NC(COC1OC(CO)C(O)C(O)C1O)C(O)/C=C/CCCCCCCCC. The van der Waals surface area contributed by atoms with Crippen LogP contribution in [0, 0.1) is 0 Å². The second-order valence-electron chi connectivity index (χ2n) is 21.0. The van der Waals surface area contributed by atoms with Crippen molar-refractivity contribution in [1.29, 1.82) is 0 Å². The third kappa shape index (κ3) is 40.2. The van der Waals surface area contributed by atoms with Crippen LogP contribution >= 0.6 is 0 Å². The highest BCUT2D eigenvalue weighted by Gasteiger charge is 2.44. The van der Waals surface area contributed by atoms with Gasteiger partial charge in [-0.05, 0) is 83.5 Å². The molecule has 0 aromatic heterocycles. The molecule has 422 valence electrons. The maximum Gasteiger partial charge on any atom is 0.305 e. The van der Waals surface area contributed by atoms with Gasteiger partial charge in [-0.2, -0.15) is 0 Å². The van der Waals surface area contributed by atoms with Gasteiger partial charge in [0.25, 0.3) is 0 Å². The summed E-state index contributed by atoms with van der Waals surface area (Å²) in [5.41, 5.74) is 0. The van der Waals surface area contributed by atoms with E-state index in [4.69, 9.17) is 14.2 Å². The van der Waals surface area contributed by atoms with Gasteiger partial charge in [0.1, 0.15) is 24.4 Å². The first-order chi connectivity index (χ1) is 35.2. The first kappa shape index (κ1) is 67.9. The second kappa shape index (κ2) is 51.0. The Hall–Kier alpha value is -2.12. The van der Waals surface area contributed by atoms with Crippen LogP contribution in [-0.4, -0.2) is 100 Å². The molecule has 7 unspecified atom stereocenters. The lowest BCUT2D eigenvalue weighted by Gasteiger charge is -2.40. The molecule has 0 aliphatic carbocycles. The van der Waals surface area contributed by atoms with E-state index < -0.39 is 49.5 Å². The summed E-state index contributed by atoms with van der Waals surface area (Å²) in [4.78, 5) is 25.1. The molecular formula is C61H113NO10. The van der Waals surface area contributed by atoms with Crippen LogP contribution in [-0.2, 0) is 23.8 Å². The number of hydrogen-bond donors (Lipinski definition) is 6. The molecule has 1 heterocycles. The van der Waals surface area contributed by atoms with E-state index in [-0.39, 0.29) is 18.5 Å². The Morgan fingerprint density at radius 3 is 1.33 bits per heavy atom. The minimum absolute atomic E-state index is 0.0216. The zero-order valence-corrected chi connectivity index (χ0v) is 46.4. The normalized spacial score (nSPS) is 19.2. The van der Waals surface area contributed by atoms with Crippen LogP contribution in [0.3, 0.4) is 0 Å². The summed E-state index contributed by atoms with van der Waals surface area (Å²) in [5, 5.41) is 54.2. The third-order valence-electron chi connectivity index (χ3n) is 14.2. The number of aliphatic hydroxyl groups excluding tert-OH is 5. The molecular weight excluding hydrogens is 907 g/mol. The average Bonchev–Trinajstić information content (AvgIpc) is 3.38. The molecule has 1 aliphatic rings. The van der Waals surface area contributed by atoms with Gasteiger partial charge < -0.3 is 45.1 Å². The fourth-order valence-electron chi connectivity index (χ4n) is 9.36. The van der Waals surface area contributed by atoms with Crippen LogP contribution in [0.5, 0.6) is 0 Å². The average molecular weight is 1020 g/mol. The number of rotatable bonds is 52. The molecule has 0 aromatic carbocycles. The smallest absolute Gasteiger partial charge is 0.305 e. The summed E-state index contributed by atoms with van der Waals surface area (Å²) < 4.78 is 16.7. The summed E-state index contributed by atoms with van der Waals surface area (Å²) in [6.07, 6.45) is 52.5. The molecule has 6 N–H and O–H groups in total. The Balaban J connectivity index is 2.03. The number of carbonyl (C=O) groups excluding carboxylic acids is 2. The lowest BCUT2D eigenvalue weighted by molar-refractivity contribution is -0.302. The Morgan fingerprint density at radius 2 is 0.889 bits per heavy atom.